The van der Waals surface area contributed by atoms with E-state index in [1.54, 1.807) is 0 Å². The zero-order chi connectivity index (χ0) is 17.6. The number of benzene rings is 1. The predicted octanol–water partition coefficient (Wildman–Crippen LogP) is 2.50. The fraction of sp³-hybridized carbons (Fsp3) is 0.632. The summed E-state index contributed by atoms with van der Waals surface area (Å²) >= 11 is 0. The second-order valence-corrected chi connectivity index (χ2v) is 7.16. The summed E-state index contributed by atoms with van der Waals surface area (Å²) in [5.41, 5.74) is 7.26. The van der Waals surface area contributed by atoms with Gasteiger partial charge in [0.1, 0.15) is 5.82 Å². The second-order valence-electron chi connectivity index (χ2n) is 7.16. The maximum atomic E-state index is 13.0. The molecular formula is C19H30Cl2FN3O2. The SMILES string of the molecule is Cl.Cl.NC(C(=O)NC1CCN(Cc2ccc(F)cc2)CC1)C1CCOCC1. The van der Waals surface area contributed by atoms with E-state index in [0.29, 0.717) is 13.2 Å². The lowest BCUT2D eigenvalue weighted by Gasteiger charge is -2.34. The van der Waals surface area contributed by atoms with Gasteiger partial charge in [0.15, 0.2) is 0 Å². The van der Waals surface area contributed by atoms with Crippen LogP contribution in [-0.4, -0.2) is 49.2 Å². The molecule has 1 aromatic rings. The number of nitrogens with zero attached hydrogens (tertiary/aromatic N) is 1. The van der Waals surface area contributed by atoms with Crippen molar-refractivity contribution >= 4 is 30.7 Å². The first-order valence-electron chi connectivity index (χ1n) is 9.22. The van der Waals surface area contributed by atoms with Crippen LogP contribution in [0.3, 0.4) is 0 Å². The highest BCUT2D eigenvalue weighted by atomic mass is 35.5. The van der Waals surface area contributed by atoms with Gasteiger partial charge in [0.2, 0.25) is 5.91 Å². The number of piperidine rings is 1. The average molecular weight is 422 g/mol. The smallest absolute Gasteiger partial charge is 0.237 e. The van der Waals surface area contributed by atoms with E-state index < -0.39 is 6.04 Å². The van der Waals surface area contributed by atoms with Crippen molar-refractivity contribution in [2.45, 2.75) is 44.3 Å². The van der Waals surface area contributed by atoms with Crippen molar-refractivity contribution in [2.75, 3.05) is 26.3 Å². The Morgan fingerprint density at radius 3 is 2.33 bits per heavy atom. The van der Waals surface area contributed by atoms with Crippen molar-refractivity contribution in [1.29, 1.82) is 0 Å². The number of carbonyl (C=O) groups is 1. The van der Waals surface area contributed by atoms with Crippen LogP contribution in [0.25, 0.3) is 0 Å². The van der Waals surface area contributed by atoms with Crippen LogP contribution in [-0.2, 0) is 16.1 Å². The van der Waals surface area contributed by atoms with Gasteiger partial charge in [0.05, 0.1) is 6.04 Å². The molecule has 0 spiro atoms. The first kappa shape index (κ1) is 24.1. The summed E-state index contributed by atoms with van der Waals surface area (Å²) in [6.45, 7) is 4.08. The second kappa shape index (κ2) is 11.8. The van der Waals surface area contributed by atoms with E-state index in [1.807, 2.05) is 12.1 Å². The van der Waals surface area contributed by atoms with Gasteiger partial charge < -0.3 is 15.8 Å². The van der Waals surface area contributed by atoms with Crippen LogP contribution < -0.4 is 11.1 Å². The van der Waals surface area contributed by atoms with Crippen LogP contribution in [0.2, 0.25) is 0 Å². The summed E-state index contributed by atoms with van der Waals surface area (Å²) in [7, 11) is 0. The molecule has 27 heavy (non-hydrogen) atoms. The zero-order valence-electron chi connectivity index (χ0n) is 15.4. The molecule has 2 saturated heterocycles. The third-order valence-electron chi connectivity index (χ3n) is 5.33. The molecule has 0 radical (unpaired) electrons. The van der Waals surface area contributed by atoms with Gasteiger partial charge in [0, 0.05) is 38.9 Å². The highest BCUT2D eigenvalue weighted by Crippen LogP contribution is 2.19. The van der Waals surface area contributed by atoms with E-state index in [2.05, 4.69) is 10.2 Å². The molecule has 2 aliphatic rings. The number of nitrogens with one attached hydrogen (secondary N) is 1. The molecule has 1 amide bonds. The van der Waals surface area contributed by atoms with Crippen molar-refractivity contribution < 1.29 is 13.9 Å². The number of hydrogen-bond donors (Lipinski definition) is 2. The molecule has 5 nitrogen and oxygen atoms in total. The number of nitrogens with two attached hydrogens (primary N) is 1. The van der Waals surface area contributed by atoms with E-state index in [9.17, 15) is 9.18 Å². The quantitative estimate of drug-likeness (QED) is 0.766. The van der Waals surface area contributed by atoms with Gasteiger partial charge >= 0.3 is 0 Å². The minimum Gasteiger partial charge on any atom is -0.381 e. The summed E-state index contributed by atoms with van der Waals surface area (Å²) < 4.78 is 18.3. The summed E-state index contributed by atoms with van der Waals surface area (Å²) in [6, 6.07) is 6.43. The zero-order valence-corrected chi connectivity index (χ0v) is 17.1. The maximum Gasteiger partial charge on any atom is 0.237 e. The van der Waals surface area contributed by atoms with Gasteiger partial charge in [-0.3, -0.25) is 9.69 Å². The van der Waals surface area contributed by atoms with Gasteiger partial charge in [-0.25, -0.2) is 4.39 Å². The molecule has 1 unspecified atom stereocenters. The minimum atomic E-state index is -0.429. The fourth-order valence-corrected chi connectivity index (χ4v) is 3.67. The Morgan fingerprint density at radius 1 is 1.15 bits per heavy atom. The summed E-state index contributed by atoms with van der Waals surface area (Å²) in [5, 5.41) is 3.13. The Hall–Kier alpha value is -0.920. The number of amides is 1. The van der Waals surface area contributed by atoms with Crippen LogP contribution in [0.1, 0.15) is 31.2 Å². The number of rotatable bonds is 5. The fourth-order valence-electron chi connectivity index (χ4n) is 3.67. The third kappa shape index (κ3) is 7.20. The number of ether oxygens (including phenoxy) is 1. The summed E-state index contributed by atoms with van der Waals surface area (Å²) in [5.74, 6) is 0.00207. The van der Waals surface area contributed by atoms with E-state index in [0.717, 1.165) is 50.9 Å². The number of halogens is 3. The topological polar surface area (TPSA) is 67.6 Å². The molecule has 0 aromatic heterocycles. The van der Waals surface area contributed by atoms with Crippen molar-refractivity contribution in [2.24, 2.45) is 11.7 Å². The third-order valence-corrected chi connectivity index (χ3v) is 5.33. The Labute approximate surface area is 173 Å². The van der Waals surface area contributed by atoms with E-state index in [-0.39, 0.29) is 48.5 Å². The lowest BCUT2D eigenvalue weighted by atomic mass is 9.91. The highest BCUT2D eigenvalue weighted by Gasteiger charge is 2.29. The van der Waals surface area contributed by atoms with Crippen LogP contribution in [0.15, 0.2) is 24.3 Å². The molecule has 2 fully saturated rings. The minimum absolute atomic E-state index is 0. The van der Waals surface area contributed by atoms with Crippen molar-refractivity contribution in [1.82, 2.24) is 10.2 Å². The summed E-state index contributed by atoms with van der Waals surface area (Å²) in [4.78, 5) is 14.7. The van der Waals surface area contributed by atoms with Crippen molar-refractivity contribution in [3.63, 3.8) is 0 Å². The monoisotopic (exact) mass is 421 g/mol. The average Bonchev–Trinajstić information content (AvgIpc) is 2.65. The first-order chi connectivity index (χ1) is 12.1. The molecular weight excluding hydrogens is 392 g/mol. The molecule has 8 heteroatoms. The van der Waals surface area contributed by atoms with Gasteiger partial charge in [-0.1, -0.05) is 12.1 Å². The molecule has 0 saturated carbocycles. The van der Waals surface area contributed by atoms with E-state index >= 15 is 0 Å². The number of hydrogen-bond acceptors (Lipinski definition) is 4. The molecule has 3 N–H and O–H groups in total. The van der Waals surface area contributed by atoms with Gasteiger partial charge in [-0.15, -0.1) is 24.8 Å². The highest BCUT2D eigenvalue weighted by molar-refractivity contribution is 5.85. The first-order valence-corrected chi connectivity index (χ1v) is 9.22. The molecule has 0 bridgehead atoms. The lowest BCUT2D eigenvalue weighted by molar-refractivity contribution is -0.125. The molecule has 154 valence electrons. The lowest BCUT2D eigenvalue weighted by Crippen LogP contribution is -2.52. The number of likely N-dealkylation sites (tertiary alicyclic amines) is 1. The molecule has 3 rings (SSSR count). The molecule has 1 aromatic carbocycles. The van der Waals surface area contributed by atoms with Gasteiger partial charge in [-0.05, 0) is 49.3 Å². The molecule has 2 heterocycles. The Morgan fingerprint density at radius 2 is 1.74 bits per heavy atom. The van der Waals surface area contributed by atoms with E-state index in [1.165, 1.54) is 12.1 Å². The van der Waals surface area contributed by atoms with Crippen molar-refractivity contribution in [3.05, 3.63) is 35.6 Å². The molecule has 1 atom stereocenters. The standard InChI is InChI=1S/C19H28FN3O2.2ClH/c20-16-3-1-14(2-4-16)13-23-9-5-17(6-10-23)22-19(24)18(21)15-7-11-25-12-8-15;;/h1-4,15,17-18H,5-13,21H2,(H,22,24);2*1H. The van der Waals surface area contributed by atoms with E-state index in [4.69, 9.17) is 10.5 Å². The molecule has 2 aliphatic heterocycles. The van der Waals surface area contributed by atoms with Crippen LogP contribution in [0.4, 0.5) is 4.39 Å². The normalized spacial score (nSPS) is 20.2. The Kier molecular flexibility index (Phi) is 10.6. The van der Waals surface area contributed by atoms with Crippen LogP contribution >= 0.6 is 24.8 Å². The Bertz CT molecular complexity index is 563. The van der Waals surface area contributed by atoms with Crippen LogP contribution in [0.5, 0.6) is 0 Å². The molecule has 0 aliphatic carbocycles. The maximum absolute atomic E-state index is 13.0. The largest absolute Gasteiger partial charge is 0.381 e. The van der Waals surface area contributed by atoms with Gasteiger partial charge in [0.25, 0.3) is 0 Å². The number of carbonyl (C=O) groups excluding carboxylic acids is 1. The predicted molar refractivity (Wildman–Crippen MR) is 109 cm³/mol. The Balaban J connectivity index is 0.00000182. The van der Waals surface area contributed by atoms with Crippen LogP contribution in [0, 0.1) is 11.7 Å². The summed E-state index contributed by atoms with van der Waals surface area (Å²) in [6.07, 6.45) is 3.58. The van der Waals surface area contributed by atoms with Gasteiger partial charge in [-0.2, -0.15) is 0 Å². The van der Waals surface area contributed by atoms with Crippen molar-refractivity contribution in [3.8, 4) is 0 Å².